The minimum atomic E-state index is -4.65. The standard InChI is InChI=1S/C21H29F4N3O4S2/c22-17-2-1-13(5-16(17)21(23,24)25)7-28-3-4-32-15(8-28)6-26-19(31)12-34-20-27-18(11-33-20)14(9-29)10-30/h5,11,13-15,17,29-30H,1-4,6-10,12H2,(H,26,31). The first-order chi connectivity index (χ1) is 16.2. The molecule has 3 atom stereocenters. The maximum Gasteiger partial charge on any atom is 0.415 e. The van der Waals surface area contributed by atoms with Crippen molar-refractivity contribution in [3.63, 3.8) is 0 Å². The summed E-state index contributed by atoms with van der Waals surface area (Å²) < 4.78 is 59.1. The SMILES string of the molecule is O=C(CSc1nc(C(CO)CO)cs1)NCC1CN(CC2C=C(C(F)(F)F)C(F)CC2)CCO1. The maximum atomic E-state index is 13.7. The molecule has 0 bridgehead atoms. The number of aliphatic hydroxyl groups excluding tert-OH is 2. The number of thioether (sulfide) groups is 1. The van der Waals surface area contributed by atoms with Crippen molar-refractivity contribution in [2.24, 2.45) is 5.92 Å². The number of allylic oxidation sites excluding steroid dienone is 1. The van der Waals surface area contributed by atoms with Crippen LogP contribution in [0.5, 0.6) is 0 Å². The number of thiazole rings is 1. The molecule has 34 heavy (non-hydrogen) atoms. The summed E-state index contributed by atoms with van der Waals surface area (Å²) >= 11 is 2.59. The molecule has 13 heteroatoms. The highest BCUT2D eigenvalue weighted by molar-refractivity contribution is 8.01. The minimum Gasteiger partial charge on any atom is -0.396 e. The summed E-state index contributed by atoms with van der Waals surface area (Å²) in [6, 6.07) is 0. The van der Waals surface area contributed by atoms with Crippen LogP contribution in [0, 0.1) is 5.92 Å². The molecular weight excluding hydrogens is 498 g/mol. The number of hydrogen-bond donors (Lipinski definition) is 3. The van der Waals surface area contributed by atoms with Crippen LogP contribution in [0.3, 0.4) is 0 Å². The summed E-state index contributed by atoms with van der Waals surface area (Å²) in [6.07, 6.45) is -5.61. The van der Waals surface area contributed by atoms with Crippen molar-refractivity contribution in [3.8, 4) is 0 Å². The smallest absolute Gasteiger partial charge is 0.396 e. The minimum absolute atomic E-state index is 0.126. The number of halogens is 4. The van der Waals surface area contributed by atoms with Gasteiger partial charge in [0.2, 0.25) is 5.91 Å². The van der Waals surface area contributed by atoms with Gasteiger partial charge in [-0.3, -0.25) is 9.69 Å². The second kappa shape index (κ2) is 12.6. The summed E-state index contributed by atoms with van der Waals surface area (Å²) in [6.45, 7) is 1.70. The van der Waals surface area contributed by atoms with Crippen molar-refractivity contribution < 1.29 is 37.3 Å². The number of aromatic nitrogens is 1. The Bertz CT molecular complexity index is 835. The van der Waals surface area contributed by atoms with E-state index in [9.17, 15) is 32.6 Å². The fraction of sp³-hybridized carbons (Fsp3) is 0.714. The van der Waals surface area contributed by atoms with E-state index in [4.69, 9.17) is 4.74 Å². The van der Waals surface area contributed by atoms with Gasteiger partial charge in [0.1, 0.15) is 6.17 Å². The lowest BCUT2D eigenvalue weighted by Gasteiger charge is -2.36. The predicted octanol–water partition coefficient (Wildman–Crippen LogP) is 2.36. The van der Waals surface area contributed by atoms with Crippen molar-refractivity contribution in [2.45, 2.75) is 41.6 Å². The molecule has 3 rings (SSSR count). The average Bonchev–Trinajstić information content (AvgIpc) is 3.27. The van der Waals surface area contributed by atoms with Crippen LogP contribution >= 0.6 is 23.1 Å². The second-order valence-electron chi connectivity index (χ2n) is 8.37. The molecule has 3 unspecified atom stereocenters. The molecular formula is C21H29F4N3O4S2. The second-order valence-corrected chi connectivity index (χ2v) is 10.5. The van der Waals surface area contributed by atoms with E-state index in [0.717, 1.165) is 6.08 Å². The number of hydrogen-bond acceptors (Lipinski definition) is 8. The van der Waals surface area contributed by atoms with Crippen molar-refractivity contribution in [1.29, 1.82) is 0 Å². The number of alkyl halides is 4. The Morgan fingerprint density at radius 2 is 2.12 bits per heavy atom. The number of aliphatic hydroxyl groups is 2. The molecule has 7 nitrogen and oxygen atoms in total. The van der Waals surface area contributed by atoms with E-state index in [1.54, 1.807) is 5.38 Å². The van der Waals surface area contributed by atoms with Gasteiger partial charge in [0, 0.05) is 37.5 Å². The Morgan fingerprint density at radius 1 is 1.35 bits per heavy atom. The van der Waals surface area contributed by atoms with Gasteiger partial charge in [-0.2, -0.15) is 13.2 Å². The van der Waals surface area contributed by atoms with E-state index in [0.29, 0.717) is 42.7 Å². The number of nitrogens with zero attached hydrogens (tertiary/aromatic N) is 2. The van der Waals surface area contributed by atoms with Crippen LogP contribution < -0.4 is 5.32 Å². The van der Waals surface area contributed by atoms with Gasteiger partial charge >= 0.3 is 6.18 Å². The van der Waals surface area contributed by atoms with Crippen molar-refractivity contribution in [3.05, 3.63) is 22.7 Å². The number of amides is 1. The van der Waals surface area contributed by atoms with E-state index in [2.05, 4.69) is 10.3 Å². The molecule has 0 saturated carbocycles. The molecule has 1 fully saturated rings. The fourth-order valence-electron chi connectivity index (χ4n) is 3.95. The number of nitrogens with one attached hydrogen (secondary N) is 1. The van der Waals surface area contributed by atoms with Gasteiger partial charge in [-0.05, 0) is 18.8 Å². The van der Waals surface area contributed by atoms with Crippen molar-refractivity contribution >= 4 is 29.0 Å². The lowest BCUT2D eigenvalue weighted by molar-refractivity contribution is -0.119. The quantitative estimate of drug-likeness (QED) is 0.244. The highest BCUT2D eigenvalue weighted by Crippen LogP contribution is 2.37. The zero-order valence-electron chi connectivity index (χ0n) is 18.5. The number of carbonyl (C=O) groups is 1. The molecule has 2 aliphatic rings. The Hall–Kier alpha value is -1.25. The maximum absolute atomic E-state index is 13.7. The third-order valence-electron chi connectivity index (χ3n) is 5.80. The number of rotatable bonds is 10. The molecule has 3 N–H and O–H groups in total. The Labute approximate surface area is 203 Å². The summed E-state index contributed by atoms with van der Waals surface area (Å²) in [5, 5.41) is 23.0. The van der Waals surface area contributed by atoms with Crippen LogP contribution in [0.4, 0.5) is 17.6 Å². The number of morpholine rings is 1. The molecule has 1 amide bonds. The molecule has 1 aliphatic carbocycles. The zero-order valence-corrected chi connectivity index (χ0v) is 20.1. The summed E-state index contributed by atoms with van der Waals surface area (Å²) in [5.74, 6) is -0.868. The van der Waals surface area contributed by atoms with Gasteiger partial charge in [0.15, 0.2) is 4.34 Å². The van der Waals surface area contributed by atoms with Gasteiger partial charge in [0.25, 0.3) is 0 Å². The van der Waals surface area contributed by atoms with Crippen LogP contribution in [0.25, 0.3) is 0 Å². The first kappa shape index (κ1) is 27.3. The first-order valence-electron chi connectivity index (χ1n) is 11.0. The molecule has 0 radical (unpaired) electrons. The van der Waals surface area contributed by atoms with Crippen molar-refractivity contribution in [2.75, 3.05) is 51.8 Å². The zero-order chi connectivity index (χ0) is 24.7. The molecule has 192 valence electrons. The lowest BCUT2D eigenvalue weighted by atomic mass is 9.88. The summed E-state index contributed by atoms with van der Waals surface area (Å²) in [7, 11) is 0. The normalized spacial score (nSPS) is 24.3. The van der Waals surface area contributed by atoms with Crippen LogP contribution in [0.2, 0.25) is 0 Å². The fourth-order valence-corrected chi connectivity index (χ4v) is 5.69. The van der Waals surface area contributed by atoms with Crippen LogP contribution in [0.1, 0.15) is 24.5 Å². The molecule has 1 aromatic heterocycles. The van der Waals surface area contributed by atoms with Gasteiger partial charge in [-0.1, -0.05) is 17.8 Å². The van der Waals surface area contributed by atoms with Gasteiger partial charge in [-0.25, -0.2) is 9.37 Å². The van der Waals surface area contributed by atoms with E-state index in [1.165, 1.54) is 23.1 Å². The highest BCUT2D eigenvalue weighted by Gasteiger charge is 2.41. The molecule has 1 aromatic rings. The Kier molecular flexibility index (Phi) is 10.2. The molecule has 1 aliphatic heterocycles. The Balaban J connectivity index is 1.41. The van der Waals surface area contributed by atoms with Gasteiger partial charge in [-0.15, -0.1) is 11.3 Å². The first-order valence-corrected chi connectivity index (χ1v) is 12.9. The van der Waals surface area contributed by atoms with Crippen LogP contribution in [0.15, 0.2) is 21.4 Å². The molecule has 1 saturated heterocycles. The number of carbonyl (C=O) groups excluding carboxylic acids is 1. The number of ether oxygens (including phenoxy) is 1. The average molecular weight is 528 g/mol. The Morgan fingerprint density at radius 3 is 2.82 bits per heavy atom. The van der Waals surface area contributed by atoms with E-state index in [-0.39, 0.29) is 49.9 Å². The molecule has 0 spiro atoms. The predicted molar refractivity (Wildman–Crippen MR) is 121 cm³/mol. The highest BCUT2D eigenvalue weighted by atomic mass is 32.2. The summed E-state index contributed by atoms with van der Waals surface area (Å²) in [5.41, 5.74) is -0.486. The summed E-state index contributed by atoms with van der Waals surface area (Å²) in [4.78, 5) is 18.5. The third-order valence-corrected chi connectivity index (χ3v) is 7.84. The van der Waals surface area contributed by atoms with Gasteiger partial charge in [0.05, 0.1) is 42.9 Å². The molecule has 0 aromatic carbocycles. The topological polar surface area (TPSA) is 94.9 Å². The van der Waals surface area contributed by atoms with E-state index in [1.807, 2.05) is 4.90 Å². The molecule has 2 heterocycles. The van der Waals surface area contributed by atoms with Gasteiger partial charge < -0.3 is 20.3 Å². The monoisotopic (exact) mass is 527 g/mol. The largest absolute Gasteiger partial charge is 0.415 e. The van der Waals surface area contributed by atoms with Crippen LogP contribution in [-0.4, -0.2) is 96.2 Å². The van der Waals surface area contributed by atoms with E-state index >= 15 is 0 Å². The van der Waals surface area contributed by atoms with Crippen LogP contribution in [-0.2, 0) is 9.53 Å². The third kappa shape index (κ3) is 7.89. The van der Waals surface area contributed by atoms with E-state index < -0.39 is 23.8 Å². The lowest BCUT2D eigenvalue weighted by Crippen LogP contribution is -2.49. The van der Waals surface area contributed by atoms with Crippen molar-refractivity contribution in [1.82, 2.24) is 15.2 Å².